The summed E-state index contributed by atoms with van der Waals surface area (Å²) in [5.74, 6) is 2.16. The highest BCUT2D eigenvalue weighted by atomic mass is 16.7. The zero-order valence-corrected chi connectivity index (χ0v) is 19.1. The summed E-state index contributed by atoms with van der Waals surface area (Å²) in [6.07, 6.45) is 0.663. The van der Waals surface area contributed by atoms with Crippen LogP contribution in [0.25, 0.3) is 0 Å². The van der Waals surface area contributed by atoms with Crippen molar-refractivity contribution < 1.29 is 28.5 Å². The molecule has 1 heterocycles. The Morgan fingerprint density at radius 2 is 1.44 bits per heavy atom. The van der Waals surface area contributed by atoms with Gasteiger partial charge in [0, 0.05) is 24.2 Å². The summed E-state index contributed by atoms with van der Waals surface area (Å²) in [7, 11) is 3.19. The van der Waals surface area contributed by atoms with Gasteiger partial charge in [-0.15, -0.1) is 0 Å². The van der Waals surface area contributed by atoms with E-state index in [1.807, 2.05) is 30.3 Å². The maximum absolute atomic E-state index is 12.5. The molecule has 0 aliphatic carbocycles. The minimum absolute atomic E-state index is 0.156. The molecular formula is C26H26N2O6. The third-order valence-electron chi connectivity index (χ3n) is 5.45. The van der Waals surface area contributed by atoms with Crippen molar-refractivity contribution in [2.45, 2.75) is 13.0 Å². The van der Waals surface area contributed by atoms with Gasteiger partial charge in [0.25, 0.3) is 11.8 Å². The van der Waals surface area contributed by atoms with E-state index in [-0.39, 0.29) is 18.6 Å². The first-order chi connectivity index (χ1) is 16.6. The number of hydrogen-bond acceptors (Lipinski definition) is 6. The van der Waals surface area contributed by atoms with Gasteiger partial charge in [0.1, 0.15) is 0 Å². The summed E-state index contributed by atoms with van der Waals surface area (Å²) < 4.78 is 21.1. The second kappa shape index (κ2) is 10.6. The average molecular weight is 463 g/mol. The molecule has 34 heavy (non-hydrogen) atoms. The molecule has 8 heteroatoms. The zero-order valence-electron chi connectivity index (χ0n) is 19.1. The van der Waals surface area contributed by atoms with Gasteiger partial charge in [-0.1, -0.05) is 18.2 Å². The number of carbonyl (C=O) groups is 2. The molecule has 2 amide bonds. The van der Waals surface area contributed by atoms with E-state index in [1.165, 1.54) is 0 Å². The minimum Gasteiger partial charge on any atom is -0.493 e. The molecule has 1 aliphatic heterocycles. The molecule has 4 rings (SSSR count). The molecule has 0 spiro atoms. The molecule has 8 nitrogen and oxygen atoms in total. The minimum atomic E-state index is -0.213. The van der Waals surface area contributed by atoms with Gasteiger partial charge in [0.2, 0.25) is 6.79 Å². The summed E-state index contributed by atoms with van der Waals surface area (Å²) in [6.45, 7) is 0.993. The molecule has 0 bridgehead atoms. The molecule has 2 N–H and O–H groups in total. The molecule has 1 aliphatic rings. The Kier molecular flexibility index (Phi) is 7.17. The zero-order chi connectivity index (χ0) is 23.9. The van der Waals surface area contributed by atoms with Crippen molar-refractivity contribution in [3.05, 3.63) is 82.9 Å². The van der Waals surface area contributed by atoms with Crippen LogP contribution < -0.4 is 29.6 Å². The van der Waals surface area contributed by atoms with Gasteiger partial charge in [-0.25, -0.2) is 0 Å². The van der Waals surface area contributed by atoms with E-state index in [9.17, 15) is 9.59 Å². The quantitative estimate of drug-likeness (QED) is 0.507. The van der Waals surface area contributed by atoms with Gasteiger partial charge < -0.3 is 29.6 Å². The topological polar surface area (TPSA) is 95.1 Å². The first-order valence-electron chi connectivity index (χ1n) is 10.8. The van der Waals surface area contributed by atoms with E-state index < -0.39 is 0 Å². The molecular weight excluding hydrogens is 436 g/mol. The van der Waals surface area contributed by atoms with Gasteiger partial charge >= 0.3 is 0 Å². The normalized spacial score (nSPS) is 11.6. The van der Waals surface area contributed by atoms with Crippen LogP contribution in [0, 0.1) is 0 Å². The fourth-order valence-corrected chi connectivity index (χ4v) is 3.55. The molecule has 3 aromatic rings. The summed E-state index contributed by atoms with van der Waals surface area (Å²) in [5, 5.41) is 5.79. The van der Waals surface area contributed by atoms with Crippen LogP contribution in [0.15, 0.2) is 60.7 Å². The Morgan fingerprint density at radius 1 is 0.765 bits per heavy atom. The van der Waals surface area contributed by atoms with E-state index in [4.69, 9.17) is 18.9 Å². The highest BCUT2D eigenvalue weighted by molar-refractivity contribution is 5.95. The van der Waals surface area contributed by atoms with Gasteiger partial charge in [0.15, 0.2) is 23.0 Å². The van der Waals surface area contributed by atoms with E-state index in [1.54, 1.807) is 44.6 Å². The first kappa shape index (κ1) is 23.0. The van der Waals surface area contributed by atoms with Crippen LogP contribution in [-0.4, -0.2) is 39.4 Å². The molecule has 0 unspecified atom stereocenters. The van der Waals surface area contributed by atoms with Crippen LogP contribution in [0.3, 0.4) is 0 Å². The Morgan fingerprint density at radius 3 is 2.21 bits per heavy atom. The molecule has 176 valence electrons. The summed E-state index contributed by atoms with van der Waals surface area (Å²) >= 11 is 0. The highest BCUT2D eigenvalue weighted by Gasteiger charge is 2.16. The molecule has 0 saturated heterocycles. The Labute approximate surface area is 197 Å². The standard InChI is InChI=1S/C26H26N2O6/c1-31-21-9-5-17(13-23(21)32-2)11-12-27-25(29)19-6-3-18(4-7-19)15-28-26(30)20-8-10-22-24(14-20)34-16-33-22/h3-10,13-14H,11-12,15-16H2,1-2H3,(H,27,29)(H,28,30). The number of rotatable bonds is 9. The number of methoxy groups -OCH3 is 2. The lowest BCUT2D eigenvalue weighted by Gasteiger charge is -2.10. The molecule has 0 saturated carbocycles. The van der Waals surface area contributed by atoms with Crippen molar-refractivity contribution in [3.63, 3.8) is 0 Å². The predicted octanol–water partition coefficient (Wildman–Crippen LogP) is 3.34. The fraction of sp³-hybridized carbons (Fsp3) is 0.231. The monoisotopic (exact) mass is 462 g/mol. The Balaban J connectivity index is 1.25. The number of nitrogens with one attached hydrogen (secondary N) is 2. The van der Waals surface area contributed by atoms with E-state index in [2.05, 4.69) is 10.6 Å². The number of hydrogen-bond donors (Lipinski definition) is 2. The Hall–Kier alpha value is -4.20. The van der Waals surface area contributed by atoms with Crippen LogP contribution in [0.5, 0.6) is 23.0 Å². The molecule has 0 radical (unpaired) electrons. The number of amides is 2. The van der Waals surface area contributed by atoms with Crippen LogP contribution in [-0.2, 0) is 13.0 Å². The molecule has 3 aromatic carbocycles. The first-order valence-corrected chi connectivity index (χ1v) is 10.8. The van der Waals surface area contributed by atoms with Crippen molar-refractivity contribution in [3.8, 4) is 23.0 Å². The Bertz CT molecular complexity index is 1180. The third-order valence-corrected chi connectivity index (χ3v) is 5.45. The molecule has 0 fully saturated rings. The van der Waals surface area contributed by atoms with Crippen molar-refractivity contribution >= 4 is 11.8 Å². The van der Waals surface area contributed by atoms with Gasteiger partial charge in [-0.3, -0.25) is 9.59 Å². The number of ether oxygens (including phenoxy) is 4. The van der Waals surface area contributed by atoms with E-state index >= 15 is 0 Å². The maximum atomic E-state index is 12.5. The SMILES string of the molecule is COc1ccc(CCNC(=O)c2ccc(CNC(=O)c3ccc4c(c3)OCO4)cc2)cc1OC. The van der Waals surface area contributed by atoms with E-state index in [0.29, 0.717) is 53.6 Å². The summed E-state index contributed by atoms with van der Waals surface area (Å²) in [4.78, 5) is 24.9. The van der Waals surface area contributed by atoms with Gasteiger partial charge in [-0.05, 0) is 60.0 Å². The number of fused-ring (bicyclic) bond motifs is 1. The largest absolute Gasteiger partial charge is 0.493 e. The predicted molar refractivity (Wildman–Crippen MR) is 126 cm³/mol. The second-order valence-electron chi connectivity index (χ2n) is 7.64. The lowest BCUT2D eigenvalue weighted by molar-refractivity contribution is 0.0943. The number of benzene rings is 3. The van der Waals surface area contributed by atoms with Gasteiger partial charge in [0.05, 0.1) is 14.2 Å². The van der Waals surface area contributed by atoms with Crippen molar-refractivity contribution in [2.24, 2.45) is 0 Å². The maximum Gasteiger partial charge on any atom is 0.251 e. The summed E-state index contributed by atoms with van der Waals surface area (Å²) in [6, 6.07) is 17.9. The second-order valence-corrected chi connectivity index (χ2v) is 7.64. The smallest absolute Gasteiger partial charge is 0.251 e. The van der Waals surface area contributed by atoms with Crippen LogP contribution in [0.1, 0.15) is 31.8 Å². The van der Waals surface area contributed by atoms with Crippen LogP contribution in [0.4, 0.5) is 0 Å². The molecule has 0 aromatic heterocycles. The lowest BCUT2D eigenvalue weighted by Crippen LogP contribution is -2.26. The van der Waals surface area contributed by atoms with Crippen LogP contribution >= 0.6 is 0 Å². The van der Waals surface area contributed by atoms with Crippen LogP contribution in [0.2, 0.25) is 0 Å². The van der Waals surface area contributed by atoms with Gasteiger partial charge in [-0.2, -0.15) is 0 Å². The average Bonchev–Trinajstić information content (AvgIpc) is 3.35. The molecule has 0 atom stereocenters. The van der Waals surface area contributed by atoms with E-state index in [0.717, 1.165) is 11.1 Å². The number of carbonyl (C=O) groups excluding carboxylic acids is 2. The van der Waals surface area contributed by atoms with Crippen molar-refractivity contribution in [1.82, 2.24) is 10.6 Å². The van der Waals surface area contributed by atoms with Crippen molar-refractivity contribution in [2.75, 3.05) is 27.6 Å². The highest BCUT2D eigenvalue weighted by Crippen LogP contribution is 2.32. The fourth-order valence-electron chi connectivity index (χ4n) is 3.55. The summed E-state index contributed by atoms with van der Waals surface area (Å²) in [5.41, 5.74) is 2.97. The third kappa shape index (κ3) is 5.40. The van der Waals surface area contributed by atoms with Crippen molar-refractivity contribution in [1.29, 1.82) is 0 Å². The lowest BCUT2D eigenvalue weighted by atomic mass is 10.1.